The van der Waals surface area contributed by atoms with Crippen LogP contribution in [0.1, 0.15) is 5.56 Å². The van der Waals surface area contributed by atoms with Gasteiger partial charge in [0, 0.05) is 6.54 Å². The largest absolute Gasteiger partial charge is 0.293 e. The Labute approximate surface area is 65.9 Å². The first-order valence-corrected chi connectivity index (χ1v) is 3.51. The van der Waals surface area contributed by atoms with Crippen LogP contribution in [0.5, 0.6) is 0 Å². The maximum atomic E-state index is 6.53. The average Bonchev–Trinajstić information content (AvgIpc) is 2.07. The molecule has 0 unspecified atom stereocenters. The lowest BCUT2D eigenvalue weighted by atomic mass is 10.2. The van der Waals surface area contributed by atoms with E-state index in [9.17, 15) is 0 Å². The molecule has 0 radical (unpaired) electrons. The van der Waals surface area contributed by atoms with Crippen LogP contribution in [0.25, 0.3) is 0 Å². The van der Waals surface area contributed by atoms with Gasteiger partial charge in [0.15, 0.2) is 0 Å². The normalized spacial score (nSPS) is 9.45. The van der Waals surface area contributed by atoms with Crippen LogP contribution in [0.4, 0.5) is 0 Å². The van der Waals surface area contributed by atoms with Crippen molar-refractivity contribution in [3.63, 3.8) is 0 Å². The summed E-state index contributed by atoms with van der Waals surface area (Å²) in [7, 11) is 0. The van der Waals surface area contributed by atoms with Gasteiger partial charge in [0.1, 0.15) is 6.67 Å². The van der Waals surface area contributed by atoms with Crippen LogP contribution < -0.4 is 5.32 Å². The molecule has 0 spiro atoms. The van der Waals surface area contributed by atoms with Crippen molar-refractivity contribution >= 4 is 0 Å². The minimum atomic E-state index is 0.398. The molecule has 1 aromatic carbocycles. The Morgan fingerprint density at radius 1 is 1.27 bits per heavy atom. The molecule has 0 fully saturated rings. The summed E-state index contributed by atoms with van der Waals surface area (Å²) >= 11 is 0. The Balaban J connectivity index is 2.33. The van der Waals surface area contributed by atoms with Crippen LogP contribution in [-0.2, 0) is 6.54 Å². The lowest BCUT2D eigenvalue weighted by Gasteiger charge is -1.99. The van der Waals surface area contributed by atoms with Gasteiger partial charge in [0.05, 0.1) is 0 Å². The van der Waals surface area contributed by atoms with E-state index in [1.807, 2.05) is 30.3 Å². The van der Waals surface area contributed by atoms with Gasteiger partial charge in [-0.3, -0.25) is 5.32 Å². The van der Waals surface area contributed by atoms with Crippen molar-refractivity contribution in [3.05, 3.63) is 35.9 Å². The second kappa shape index (κ2) is 4.57. The van der Waals surface area contributed by atoms with Crippen LogP contribution in [0.15, 0.2) is 35.4 Å². The Morgan fingerprint density at radius 2 is 2.00 bits per heavy atom. The Bertz CT molecular complexity index is 208. The highest BCUT2D eigenvalue weighted by Crippen LogP contribution is 1.96. The molecule has 0 amide bonds. The predicted octanol–water partition coefficient (Wildman–Crippen LogP) is 1.76. The standard InChI is InChI=1S/C8H11N3/c9-11-7-10-6-8-4-2-1-3-5-8/h1-5,9-10H,6-7H2. The van der Waals surface area contributed by atoms with Crippen molar-refractivity contribution in [2.75, 3.05) is 6.67 Å². The number of nitrogens with one attached hydrogen (secondary N) is 2. The molecule has 3 heteroatoms. The number of nitrogens with zero attached hydrogens (tertiary/aromatic N) is 1. The Morgan fingerprint density at radius 3 is 2.64 bits per heavy atom. The fourth-order valence-corrected chi connectivity index (χ4v) is 0.852. The number of hydrogen-bond donors (Lipinski definition) is 2. The van der Waals surface area contributed by atoms with Crippen LogP contribution >= 0.6 is 0 Å². The Hall–Kier alpha value is -1.22. The molecule has 0 aliphatic carbocycles. The molecule has 1 rings (SSSR count). The smallest absolute Gasteiger partial charge is 0.110 e. The molecule has 58 valence electrons. The van der Waals surface area contributed by atoms with E-state index >= 15 is 0 Å². The van der Waals surface area contributed by atoms with Gasteiger partial charge in [-0.1, -0.05) is 30.3 Å². The average molecular weight is 149 g/mol. The molecule has 0 saturated heterocycles. The lowest BCUT2D eigenvalue weighted by Crippen LogP contribution is -2.11. The second-order valence-electron chi connectivity index (χ2n) is 2.23. The van der Waals surface area contributed by atoms with Gasteiger partial charge in [-0.05, 0) is 5.56 Å². The van der Waals surface area contributed by atoms with E-state index < -0.39 is 0 Å². The van der Waals surface area contributed by atoms with Gasteiger partial charge in [0.2, 0.25) is 0 Å². The molecular formula is C8H11N3. The van der Waals surface area contributed by atoms with Crippen LogP contribution in [-0.4, -0.2) is 6.67 Å². The van der Waals surface area contributed by atoms with Gasteiger partial charge >= 0.3 is 0 Å². The van der Waals surface area contributed by atoms with Gasteiger partial charge in [-0.2, -0.15) is 5.11 Å². The summed E-state index contributed by atoms with van der Waals surface area (Å²) in [6, 6.07) is 10.1. The number of rotatable bonds is 4. The topological polar surface area (TPSA) is 48.2 Å². The lowest BCUT2D eigenvalue weighted by molar-refractivity contribution is 0.677. The molecule has 1 aromatic rings. The first kappa shape index (κ1) is 7.88. The fraction of sp³-hybridized carbons (Fsp3) is 0.250. The van der Waals surface area contributed by atoms with Crippen molar-refractivity contribution < 1.29 is 0 Å². The Kier molecular flexibility index (Phi) is 3.28. The van der Waals surface area contributed by atoms with E-state index in [1.54, 1.807) is 0 Å². The zero-order valence-corrected chi connectivity index (χ0v) is 6.25. The van der Waals surface area contributed by atoms with E-state index in [1.165, 1.54) is 5.56 Å². The zero-order valence-electron chi connectivity index (χ0n) is 6.25. The summed E-state index contributed by atoms with van der Waals surface area (Å²) in [5.41, 5.74) is 7.75. The first-order valence-electron chi connectivity index (χ1n) is 3.51. The second-order valence-corrected chi connectivity index (χ2v) is 2.23. The highest BCUT2D eigenvalue weighted by atomic mass is 15.1. The van der Waals surface area contributed by atoms with Crippen molar-refractivity contribution in [1.29, 1.82) is 5.53 Å². The number of benzene rings is 1. The van der Waals surface area contributed by atoms with E-state index in [2.05, 4.69) is 10.4 Å². The highest BCUT2D eigenvalue weighted by molar-refractivity contribution is 5.14. The minimum Gasteiger partial charge on any atom is -0.293 e. The van der Waals surface area contributed by atoms with E-state index in [-0.39, 0.29) is 0 Å². The third kappa shape index (κ3) is 2.91. The molecule has 0 aliphatic rings. The van der Waals surface area contributed by atoms with Crippen LogP contribution in [0, 0.1) is 5.53 Å². The quantitative estimate of drug-likeness (QED) is 0.497. The molecule has 0 aromatic heterocycles. The SMILES string of the molecule is N=NCNCc1ccccc1. The molecule has 0 saturated carbocycles. The van der Waals surface area contributed by atoms with Crippen molar-refractivity contribution in [1.82, 2.24) is 5.32 Å². The summed E-state index contributed by atoms with van der Waals surface area (Å²) in [5, 5.41) is 6.19. The number of hydrogen-bond acceptors (Lipinski definition) is 3. The summed E-state index contributed by atoms with van der Waals surface area (Å²) in [5.74, 6) is 0. The molecule has 0 bridgehead atoms. The van der Waals surface area contributed by atoms with Crippen LogP contribution in [0.2, 0.25) is 0 Å². The fourth-order valence-electron chi connectivity index (χ4n) is 0.852. The summed E-state index contributed by atoms with van der Waals surface area (Å²) < 4.78 is 0. The predicted molar refractivity (Wildman–Crippen MR) is 43.3 cm³/mol. The van der Waals surface area contributed by atoms with Gasteiger partial charge < -0.3 is 0 Å². The molecular weight excluding hydrogens is 138 g/mol. The van der Waals surface area contributed by atoms with Gasteiger partial charge in [0.25, 0.3) is 0 Å². The van der Waals surface area contributed by atoms with Crippen LogP contribution in [0.3, 0.4) is 0 Å². The molecule has 0 heterocycles. The van der Waals surface area contributed by atoms with Crippen molar-refractivity contribution in [3.8, 4) is 0 Å². The molecule has 11 heavy (non-hydrogen) atoms. The molecule has 0 aliphatic heterocycles. The van der Waals surface area contributed by atoms with Gasteiger partial charge in [-0.15, -0.1) is 0 Å². The monoisotopic (exact) mass is 149 g/mol. The highest BCUT2D eigenvalue weighted by Gasteiger charge is 1.87. The van der Waals surface area contributed by atoms with E-state index in [0.29, 0.717) is 6.67 Å². The maximum absolute atomic E-state index is 6.53. The molecule has 2 N–H and O–H groups in total. The van der Waals surface area contributed by atoms with Crippen molar-refractivity contribution in [2.45, 2.75) is 6.54 Å². The zero-order chi connectivity index (χ0) is 7.94. The minimum absolute atomic E-state index is 0.398. The molecule has 0 atom stereocenters. The van der Waals surface area contributed by atoms with Gasteiger partial charge in [-0.25, -0.2) is 5.53 Å². The summed E-state index contributed by atoms with van der Waals surface area (Å²) in [6.07, 6.45) is 0. The third-order valence-electron chi connectivity index (χ3n) is 1.36. The summed E-state index contributed by atoms with van der Waals surface area (Å²) in [4.78, 5) is 0. The maximum Gasteiger partial charge on any atom is 0.110 e. The first-order chi connectivity index (χ1) is 5.43. The molecule has 3 nitrogen and oxygen atoms in total. The summed E-state index contributed by atoms with van der Waals surface area (Å²) in [6.45, 7) is 1.18. The van der Waals surface area contributed by atoms with E-state index in [0.717, 1.165) is 6.54 Å². The van der Waals surface area contributed by atoms with Crippen molar-refractivity contribution in [2.24, 2.45) is 5.11 Å². The van der Waals surface area contributed by atoms with E-state index in [4.69, 9.17) is 5.53 Å². The third-order valence-corrected chi connectivity index (χ3v) is 1.36.